The molecular formula is C13H12ClN3S. The Morgan fingerprint density at radius 2 is 2.22 bits per heavy atom. The summed E-state index contributed by atoms with van der Waals surface area (Å²) >= 11 is 7.87. The molecule has 3 rings (SSSR count). The van der Waals surface area contributed by atoms with Crippen LogP contribution in [0.4, 0.5) is 5.69 Å². The van der Waals surface area contributed by atoms with E-state index in [0.717, 1.165) is 39.0 Å². The first-order chi connectivity index (χ1) is 8.72. The molecule has 0 amide bonds. The van der Waals surface area contributed by atoms with E-state index < -0.39 is 0 Å². The zero-order valence-electron chi connectivity index (χ0n) is 9.85. The van der Waals surface area contributed by atoms with E-state index in [1.165, 1.54) is 0 Å². The maximum Gasteiger partial charge on any atom is 0.153 e. The molecule has 0 saturated heterocycles. The molecule has 0 saturated carbocycles. The summed E-state index contributed by atoms with van der Waals surface area (Å²) < 4.78 is 2.11. The van der Waals surface area contributed by atoms with E-state index in [4.69, 9.17) is 17.3 Å². The van der Waals surface area contributed by atoms with E-state index in [9.17, 15) is 0 Å². The Morgan fingerprint density at radius 3 is 2.89 bits per heavy atom. The van der Waals surface area contributed by atoms with Crippen molar-refractivity contribution >= 4 is 39.7 Å². The third kappa shape index (κ3) is 1.61. The number of nitrogens with zero attached hydrogens (tertiary/aromatic N) is 2. The van der Waals surface area contributed by atoms with Crippen molar-refractivity contribution < 1.29 is 0 Å². The van der Waals surface area contributed by atoms with Gasteiger partial charge in [-0.25, -0.2) is 4.98 Å². The molecule has 0 aliphatic carbocycles. The van der Waals surface area contributed by atoms with Crippen LogP contribution in [0.25, 0.3) is 21.7 Å². The van der Waals surface area contributed by atoms with E-state index in [0.29, 0.717) is 0 Å². The fourth-order valence-corrected chi connectivity index (χ4v) is 3.21. The van der Waals surface area contributed by atoms with Gasteiger partial charge < -0.3 is 10.3 Å². The van der Waals surface area contributed by atoms with Gasteiger partial charge in [-0.2, -0.15) is 0 Å². The number of halogens is 1. The lowest BCUT2D eigenvalue weighted by atomic mass is 10.3. The van der Waals surface area contributed by atoms with Crippen molar-refractivity contribution in [3.05, 3.63) is 34.7 Å². The fourth-order valence-electron chi connectivity index (χ4n) is 2.12. The first-order valence-corrected chi connectivity index (χ1v) is 6.96. The fraction of sp³-hybridized carbons (Fsp3) is 0.154. The van der Waals surface area contributed by atoms with Crippen LogP contribution in [0.2, 0.25) is 5.02 Å². The Bertz CT molecular complexity index is 714. The molecule has 0 fully saturated rings. The highest BCUT2D eigenvalue weighted by molar-refractivity contribution is 7.14. The molecule has 1 aromatic carbocycles. The summed E-state index contributed by atoms with van der Waals surface area (Å²) in [6, 6.07) is 7.68. The summed E-state index contributed by atoms with van der Waals surface area (Å²) in [7, 11) is 0. The van der Waals surface area contributed by atoms with Crippen LogP contribution in [0.3, 0.4) is 0 Å². The predicted octanol–water partition coefficient (Wildman–Crippen LogP) is 4.02. The number of aryl methyl sites for hydroxylation is 1. The molecule has 0 aliphatic heterocycles. The zero-order valence-corrected chi connectivity index (χ0v) is 11.4. The van der Waals surface area contributed by atoms with E-state index in [1.807, 2.05) is 29.6 Å². The van der Waals surface area contributed by atoms with Crippen molar-refractivity contribution in [3.8, 4) is 10.7 Å². The van der Waals surface area contributed by atoms with Crippen LogP contribution < -0.4 is 5.73 Å². The molecule has 3 nitrogen and oxygen atoms in total. The van der Waals surface area contributed by atoms with E-state index in [-0.39, 0.29) is 0 Å². The van der Waals surface area contributed by atoms with Crippen molar-refractivity contribution in [2.45, 2.75) is 13.5 Å². The summed E-state index contributed by atoms with van der Waals surface area (Å²) in [5.74, 6) is 0.896. The Hall–Kier alpha value is -1.52. The summed E-state index contributed by atoms with van der Waals surface area (Å²) in [4.78, 5) is 5.66. The average Bonchev–Trinajstić information content (AvgIpc) is 2.92. The molecule has 18 heavy (non-hydrogen) atoms. The van der Waals surface area contributed by atoms with Crippen molar-refractivity contribution in [2.24, 2.45) is 0 Å². The number of para-hydroxylation sites is 1. The summed E-state index contributed by atoms with van der Waals surface area (Å²) in [5, 5.41) is 2.70. The molecule has 0 bridgehead atoms. The first-order valence-electron chi connectivity index (χ1n) is 5.70. The van der Waals surface area contributed by atoms with Crippen LogP contribution in [-0.2, 0) is 6.54 Å². The summed E-state index contributed by atoms with van der Waals surface area (Å²) in [5.41, 5.74) is 8.63. The molecule has 2 heterocycles. The van der Waals surface area contributed by atoms with Gasteiger partial charge in [0.25, 0.3) is 0 Å². The van der Waals surface area contributed by atoms with Crippen LogP contribution in [0.5, 0.6) is 0 Å². The van der Waals surface area contributed by atoms with E-state index in [1.54, 1.807) is 11.3 Å². The van der Waals surface area contributed by atoms with Crippen molar-refractivity contribution in [1.29, 1.82) is 0 Å². The molecule has 0 aliphatic rings. The molecule has 2 N–H and O–H groups in total. The third-order valence-electron chi connectivity index (χ3n) is 2.93. The first kappa shape index (κ1) is 11.6. The number of nitrogens with two attached hydrogens (primary N) is 1. The van der Waals surface area contributed by atoms with E-state index >= 15 is 0 Å². The van der Waals surface area contributed by atoms with Gasteiger partial charge in [-0.1, -0.05) is 17.7 Å². The Morgan fingerprint density at radius 1 is 1.39 bits per heavy atom. The van der Waals surface area contributed by atoms with Gasteiger partial charge in [0, 0.05) is 6.54 Å². The summed E-state index contributed by atoms with van der Waals surface area (Å²) in [6.07, 6.45) is 0. The van der Waals surface area contributed by atoms with Crippen LogP contribution in [-0.4, -0.2) is 9.55 Å². The number of rotatable bonds is 2. The lowest BCUT2D eigenvalue weighted by Gasteiger charge is -2.05. The van der Waals surface area contributed by atoms with Gasteiger partial charge in [-0.3, -0.25) is 0 Å². The zero-order chi connectivity index (χ0) is 12.7. The lowest BCUT2D eigenvalue weighted by molar-refractivity contribution is 0.798. The van der Waals surface area contributed by atoms with Gasteiger partial charge in [0.1, 0.15) is 0 Å². The Labute approximate surface area is 114 Å². The predicted molar refractivity (Wildman–Crippen MR) is 78.1 cm³/mol. The highest BCUT2D eigenvalue weighted by atomic mass is 35.5. The number of aromatic nitrogens is 2. The topological polar surface area (TPSA) is 43.8 Å². The van der Waals surface area contributed by atoms with Crippen molar-refractivity contribution in [3.63, 3.8) is 0 Å². The summed E-state index contributed by atoms with van der Waals surface area (Å²) in [6.45, 7) is 2.89. The number of fused-ring (bicyclic) bond motifs is 1. The van der Waals surface area contributed by atoms with Gasteiger partial charge in [0.2, 0.25) is 0 Å². The van der Waals surface area contributed by atoms with Crippen LogP contribution in [0.15, 0.2) is 29.6 Å². The number of hydrogen-bond acceptors (Lipinski definition) is 3. The standard InChI is InChI=1S/C13H12ClN3S/c1-2-17-11-8(14)4-3-5-10(11)16-13(17)12-9(15)6-7-18-12/h3-7H,2,15H2,1H3. The molecule has 0 atom stereocenters. The van der Waals surface area contributed by atoms with Crippen molar-refractivity contribution in [1.82, 2.24) is 9.55 Å². The number of hydrogen-bond donors (Lipinski definition) is 1. The maximum atomic E-state index is 6.27. The van der Waals surface area contributed by atoms with Gasteiger partial charge in [-0.15, -0.1) is 11.3 Å². The maximum absolute atomic E-state index is 6.27. The molecular weight excluding hydrogens is 266 g/mol. The van der Waals surface area contributed by atoms with Crippen LogP contribution in [0, 0.1) is 0 Å². The number of imidazole rings is 1. The highest BCUT2D eigenvalue weighted by Crippen LogP contribution is 2.35. The minimum absolute atomic E-state index is 0.725. The number of benzene rings is 1. The van der Waals surface area contributed by atoms with Crippen molar-refractivity contribution in [2.75, 3.05) is 5.73 Å². The molecule has 0 radical (unpaired) electrons. The molecule has 2 aromatic heterocycles. The lowest BCUT2D eigenvalue weighted by Crippen LogP contribution is -1.98. The third-order valence-corrected chi connectivity index (χ3v) is 4.16. The van der Waals surface area contributed by atoms with Crippen LogP contribution >= 0.6 is 22.9 Å². The molecule has 5 heteroatoms. The number of anilines is 1. The number of nitrogen functional groups attached to an aromatic ring is 1. The second-order valence-electron chi connectivity index (χ2n) is 3.99. The van der Waals surface area contributed by atoms with E-state index in [2.05, 4.69) is 16.5 Å². The highest BCUT2D eigenvalue weighted by Gasteiger charge is 2.16. The second kappa shape index (κ2) is 4.30. The largest absolute Gasteiger partial charge is 0.397 e. The molecule has 3 aromatic rings. The quantitative estimate of drug-likeness (QED) is 0.769. The van der Waals surface area contributed by atoms with Gasteiger partial charge in [0.15, 0.2) is 5.82 Å². The Balaban J connectivity index is 2.37. The normalized spacial score (nSPS) is 11.2. The Kier molecular flexibility index (Phi) is 2.76. The van der Waals surface area contributed by atoms with Gasteiger partial charge in [0.05, 0.1) is 26.6 Å². The minimum Gasteiger partial charge on any atom is -0.397 e. The number of thiophene rings is 1. The van der Waals surface area contributed by atoms with Crippen LogP contribution in [0.1, 0.15) is 6.92 Å². The molecule has 0 spiro atoms. The monoisotopic (exact) mass is 277 g/mol. The molecule has 92 valence electrons. The van der Waals surface area contributed by atoms with Gasteiger partial charge >= 0.3 is 0 Å². The van der Waals surface area contributed by atoms with Gasteiger partial charge in [-0.05, 0) is 30.5 Å². The SMILES string of the molecule is CCn1c(-c2sccc2N)nc2cccc(Cl)c21. The average molecular weight is 278 g/mol. The second-order valence-corrected chi connectivity index (χ2v) is 5.32. The minimum atomic E-state index is 0.725. The smallest absolute Gasteiger partial charge is 0.153 e. The molecule has 0 unspecified atom stereocenters.